The Bertz CT molecular complexity index is 709. The molecule has 0 aliphatic heterocycles. The van der Waals surface area contributed by atoms with Crippen LogP contribution in [0.25, 0.3) is 0 Å². The van der Waals surface area contributed by atoms with Crippen LogP contribution in [0.2, 0.25) is 0 Å². The lowest BCUT2D eigenvalue weighted by atomic mass is 10.2. The van der Waals surface area contributed by atoms with E-state index in [2.05, 4.69) is 10.6 Å². The first-order valence-electron chi connectivity index (χ1n) is 7.55. The van der Waals surface area contributed by atoms with Crippen molar-refractivity contribution in [3.8, 4) is 0 Å². The summed E-state index contributed by atoms with van der Waals surface area (Å²) in [6, 6.07) is 13.1. The molecule has 2 aromatic rings. The lowest BCUT2D eigenvalue weighted by molar-refractivity contribution is -0.114. The second kappa shape index (κ2) is 10.4. The number of hydrogen-bond acceptors (Lipinski definition) is 6. The van der Waals surface area contributed by atoms with Gasteiger partial charge in [-0.3, -0.25) is 19.2 Å². The molecular formula is C18H16N2O4S2. The van der Waals surface area contributed by atoms with Gasteiger partial charge in [0.05, 0.1) is 11.5 Å². The molecule has 0 spiro atoms. The van der Waals surface area contributed by atoms with Crippen molar-refractivity contribution < 1.29 is 19.2 Å². The fourth-order valence-corrected chi connectivity index (χ4v) is 3.54. The van der Waals surface area contributed by atoms with Gasteiger partial charge in [-0.05, 0) is 48.5 Å². The monoisotopic (exact) mass is 388 g/mol. The summed E-state index contributed by atoms with van der Waals surface area (Å²) in [5.74, 6) is 0.0143. The third-order valence-corrected chi connectivity index (χ3v) is 5.26. The maximum atomic E-state index is 11.8. The molecule has 0 saturated carbocycles. The fourth-order valence-electron chi connectivity index (χ4n) is 1.87. The van der Waals surface area contributed by atoms with E-state index >= 15 is 0 Å². The average molecular weight is 388 g/mol. The molecule has 6 nitrogen and oxygen atoms in total. The van der Waals surface area contributed by atoms with Crippen molar-refractivity contribution in [1.82, 2.24) is 0 Å². The number of amides is 2. The van der Waals surface area contributed by atoms with E-state index in [1.807, 2.05) is 0 Å². The van der Waals surface area contributed by atoms with Crippen LogP contribution in [0.4, 0.5) is 11.4 Å². The summed E-state index contributed by atoms with van der Waals surface area (Å²) in [5.41, 5.74) is 2.31. The quantitative estimate of drug-likeness (QED) is 0.389. The van der Waals surface area contributed by atoms with E-state index in [9.17, 15) is 19.2 Å². The number of benzene rings is 2. The van der Waals surface area contributed by atoms with Gasteiger partial charge in [-0.25, -0.2) is 0 Å². The molecule has 0 atom stereocenters. The Labute approximate surface area is 158 Å². The lowest BCUT2D eigenvalue weighted by Gasteiger charge is -2.06. The van der Waals surface area contributed by atoms with Crippen molar-refractivity contribution in [3.63, 3.8) is 0 Å². The van der Waals surface area contributed by atoms with Crippen molar-refractivity contribution in [3.05, 3.63) is 59.7 Å². The maximum Gasteiger partial charge on any atom is 0.235 e. The van der Waals surface area contributed by atoms with Gasteiger partial charge in [0.2, 0.25) is 11.8 Å². The molecule has 2 N–H and O–H groups in total. The standard InChI is InChI=1S/C18H16N2O4S2/c21-9-13-1-5-15(6-2-13)19-17(23)11-25-26-12-18(24)20-16-7-3-14(10-22)4-8-16/h1-10H,11-12H2,(H,19,23)(H,20,24). The summed E-state index contributed by atoms with van der Waals surface area (Å²) in [6.45, 7) is 0. The molecule has 0 radical (unpaired) electrons. The van der Waals surface area contributed by atoms with Crippen LogP contribution in [-0.4, -0.2) is 35.9 Å². The van der Waals surface area contributed by atoms with E-state index in [-0.39, 0.29) is 23.3 Å². The van der Waals surface area contributed by atoms with Crippen LogP contribution in [-0.2, 0) is 9.59 Å². The summed E-state index contributed by atoms with van der Waals surface area (Å²) < 4.78 is 0. The SMILES string of the molecule is O=Cc1ccc(NC(=O)CSSCC(=O)Nc2ccc(C=O)cc2)cc1. The molecule has 0 heterocycles. The first kappa shape index (κ1) is 19.7. The highest BCUT2D eigenvalue weighted by Crippen LogP contribution is 2.21. The molecular weight excluding hydrogens is 372 g/mol. The van der Waals surface area contributed by atoms with Crippen LogP contribution < -0.4 is 10.6 Å². The zero-order valence-corrected chi connectivity index (χ0v) is 15.3. The number of anilines is 2. The van der Waals surface area contributed by atoms with E-state index in [0.717, 1.165) is 12.6 Å². The molecule has 0 aliphatic rings. The Morgan fingerprint density at radius 1 is 0.692 bits per heavy atom. The number of carbonyl (C=O) groups is 4. The van der Waals surface area contributed by atoms with Gasteiger partial charge in [0.15, 0.2) is 0 Å². The third kappa shape index (κ3) is 6.73. The molecule has 8 heteroatoms. The highest BCUT2D eigenvalue weighted by molar-refractivity contribution is 8.77. The first-order valence-corrected chi connectivity index (χ1v) is 10.0. The molecule has 2 rings (SSSR count). The highest BCUT2D eigenvalue weighted by atomic mass is 33.1. The Morgan fingerprint density at radius 3 is 1.35 bits per heavy atom. The molecule has 2 aromatic carbocycles. The number of nitrogens with one attached hydrogen (secondary N) is 2. The predicted octanol–water partition coefficient (Wildman–Crippen LogP) is 3.27. The molecule has 26 heavy (non-hydrogen) atoms. The minimum absolute atomic E-state index is 0.189. The topological polar surface area (TPSA) is 92.3 Å². The van der Waals surface area contributed by atoms with Gasteiger partial charge in [0, 0.05) is 22.5 Å². The Morgan fingerprint density at radius 2 is 1.04 bits per heavy atom. The summed E-state index contributed by atoms with van der Waals surface area (Å²) in [5, 5.41) is 5.43. The van der Waals surface area contributed by atoms with Crippen molar-refractivity contribution >= 4 is 57.3 Å². The van der Waals surface area contributed by atoms with Gasteiger partial charge < -0.3 is 10.6 Å². The minimum Gasteiger partial charge on any atom is -0.325 e. The first-order chi connectivity index (χ1) is 12.6. The van der Waals surface area contributed by atoms with Crippen molar-refractivity contribution in [1.29, 1.82) is 0 Å². The van der Waals surface area contributed by atoms with Crippen molar-refractivity contribution in [2.24, 2.45) is 0 Å². The molecule has 134 valence electrons. The average Bonchev–Trinajstić information content (AvgIpc) is 2.66. The van der Waals surface area contributed by atoms with Gasteiger partial charge in [0.25, 0.3) is 0 Å². The maximum absolute atomic E-state index is 11.8. The van der Waals surface area contributed by atoms with Gasteiger partial charge in [-0.15, -0.1) is 0 Å². The summed E-state index contributed by atoms with van der Waals surface area (Å²) in [6.07, 6.45) is 1.47. The second-order valence-electron chi connectivity index (χ2n) is 5.10. The van der Waals surface area contributed by atoms with Crippen LogP contribution in [0.5, 0.6) is 0 Å². The molecule has 0 bridgehead atoms. The van der Waals surface area contributed by atoms with Crippen LogP contribution in [0, 0.1) is 0 Å². The Kier molecular flexibility index (Phi) is 7.91. The lowest BCUT2D eigenvalue weighted by Crippen LogP contribution is -2.15. The van der Waals surface area contributed by atoms with Crippen LogP contribution in [0.1, 0.15) is 20.7 Å². The van der Waals surface area contributed by atoms with Gasteiger partial charge in [-0.1, -0.05) is 21.6 Å². The number of rotatable bonds is 9. The van der Waals surface area contributed by atoms with E-state index in [1.54, 1.807) is 48.5 Å². The predicted molar refractivity (Wildman–Crippen MR) is 106 cm³/mol. The molecule has 0 aromatic heterocycles. The van der Waals surface area contributed by atoms with E-state index < -0.39 is 0 Å². The molecule has 0 unspecified atom stereocenters. The summed E-state index contributed by atoms with van der Waals surface area (Å²) in [7, 11) is 2.55. The summed E-state index contributed by atoms with van der Waals surface area (Å²) in [4.78, 5) is 44.8. The van der Waals surface area contributed by atoms with Crippen molar-refractivity contribution in [2.75, 3.05) is 22.1 Å². The van der Waals surface area contributed by atoms with E-state index in [4.69, 9.17) is 0 Å². The third-order valence-electron chi connectivity index (χ3n) is 3.12. The van der Waals surface area contributed by atoms with Crippen LogP contribution in [0.15, 0.2) is 48.5 Å². The zero-order valence-electron chi connectivity index (χ0n) is 13.6. The van der Waals surface area contributed by atoms with Gasteiger partial charge >= 0.3 is 0 Å². The Hall–Kier alpha value is -2.58. The van der Waals surface area contributed by atoms with Gasteiger partial charge in [-0.2, -0.15) is 0 Å². The van der Waals surface area contributed by atoms with Gasteiger partial charge in [0.1, 0.15) is 12.6 Å². The smallest absolute Gasteiger partial charge is 0.235 e. The molecule has 0 aliphatic carbocycles. The molecule has 0 fully saturated rings. The van der Waals surface area contributed by atoms with Crippen molar-refractivity contribution in [2.45, 2.75) is 0 Å². The summed E-state index contributed by atoms with van der Waals surface area (Å²) >= 11 is 0. The number of carbonyl (C=O) groups excluding carboxylic acids is 4. The second-order valence-corrected chi connectivity index (χ2v) is 7.56. The Balaban J connectivity index is 1.65. The fraction of sp³-hybridized carbons (Fsp3) is 0.111. The number of aldehydes is 2. The number of hydrogen-bond donors (Lipinski definition) is 2. The van der Waals surface area contributed by atoms with Crippen LogP contribution >= 0.6 is 21.6 Å². The largest absolute Gasteiger partial charge is 0.325 e. The molecule has 0 saturated heterocycles. The van der Waals surface area contributed by atoms with E-state index in [1.165, 1.54) is 21.6 Å². The van der Waals surface area contributed by atoms with E-state index in [0.29, 0.717) is 22.5 Å². The normalized spacial score (nSPS) is 10.0. The van der Waals surface area contributed by atoms with Crippen LogP contribution in [0.3, 0.4) is 0 Å². The highest BCUT2D eigenvalue weighted by Gasteiger charge is 2.06. The molecule has 2 amide bonds. The minimum atomic E-state index is -0.189. The zero-order chi connectivity index (χ0) is 18.8.